The van der Waals surface area contributed by atoms with E-state index in [1.165, 1.54) is 25.9 Å². The van der Waals surface area contributed by atoms with Crippen LogP contribution < -0.4 is 5.32 Å². The molecule has 0 spiro atoms. The molecule has 3 fully saturated rings. The second kappa shape index (κ2) is 7.55. The molecule has 0 radical (unpaired) electrons. The first-order chi connectivity index (χ1) is 12.7. The van der Waals surface area contributed by atoms with Gasteiger partial charge in [0, 0.05) is 50.8 Å². The van der Waals surface area contributed by atoms with Crippen LogP contribution in [-0.4, -0.2) is 62.7 Å². The zero-order valence-corrected chi connectivity index (χ0v) is 15.2. The van der Waals surface area contributed by atoms with Crippen LogP contribution in [0.5, 0.6) is 0 Å². The molecule has 5 heterocycles. The number of aromatic nitrogens is 3. The van der Waals surface area contributed by atoms with Crippen LogP contribution in [0.3, 0.4) is 0 Å². The highest BCUT2D eigenvalue weighted by atomic mass is 16.2. The van der Waals surface area contributed by atoms with Gasteiger partial charge < -0.3 is 10.2 Å². The summed E-state index contributed by atoms with van der Waals surface area (Å²) in [6, 6.07) is 6.28. The fourth-order valence-corrected chi connectivity index (χ4v) is 4.21. The monoisotopic (exact) mass is 354 g/mol. The summed E-state index contributed by atoms with van der Waals surface area (Å²) in [5.41, 5.74) is 1.15. The number of carbonyl (C=O) groups is 1. The van der Waals surface area contributed by atoms with Crippen molar-refractivity contribution in [3.05, 3.63) is 42.4 Å². The van der Waals surface area contributed by atoms with Crippen LogP contribution in [-0.2, 0) is 18.4 Å². The average molecular weight is 354 g/mol. The number of hydrogen-bond donors (Lipinski definition) is 1. The molecule has 3 saturated heterocycles. The van der Waals surface area contributed by atoms with E-state index in [0.29, 0.717) is 24.3 Å². The highest BCUT2D eigenvalue weighted by Gasteiger charge is 2.38. The van der Waals surface area contributed by atoms with Crippen molar-refractivity contribution in [2.45, 2.75) is 25.4 Å². The van der Waals surface area contributed by atoms with Crippen LogP contribution in [0.25, 0.3) is 0 Å². The van der Waals surface area contributed by atoms with Crippen molar-refractivity contribution in [1.29, 1.82) is 0 Å². The molecule has 5 rings (SSSR count). The minimum absolute atomic E-state index is 0.0102. The smallest absolute Gasteiger partial charge is 0.239 e. The molecular weight excluding hydrogens is 328 g/mol. The first kappa shape index (κ1) is 17.2. The maximum Gasteiger partial charge on any atom is 0.239 e. The van der Waals surface area contributed by atoms with E-state index in [9.17, 15) is 4.79 Å². The molecule has 1 N–H and O–H groups in total. The minimum atomic E-state index is -0.0102. The topological polar surface area (TPSA) is 66.3 Å². The van der Waals surface area contributed by atoms with Crippen molar-refractivity contribution >= 4 is 11.7 Å². The number of anilines is 1. The predicted molar refractivity (Wildman–Crippen MR) is 99.4 cm³/mol. The first-order valence-electron chi connectivity index (χ1n) is 9.32. The Balaban J connectivity index is 1.47. The van der Waals surface area contributed by atoms with Crippen LogP contribution in [0.1, 0.15) is 18.4 Å². The number of pyridine rings is 1. The third-order valence-corrected chi connectivity index (χ3v) is 5.53. The maximum absolute atomic E-state index is 12.6. The molecule has 0 aliphatic carbocycles. The summed E-state index contributed by atoms with van der Waals surface area (Å²) in [7, 11) is 1.84. The summed E-state index contributed by atoms with van der Waals surface area (Å²) in [6.07, 6.45) is 7.98. The van der Waals surface area contributed by atoms with Crippen molar-refractivity contribution in [1.82, 2.24) is 24.6 Å². The number of hydrogen-bond acceptors (Lipinski definition) is 5. The summed E-state index contributed by atoms with van der Waals surface area (Å²) < 4.78 is 1.69. The Kier molecular flexibility index (Phi) is 4.99. The fraction of sp³-hybridized carbons (Fsp3) is 0.526. The van der Waals surface area contributed by atoms with E-state index in [0.717, 1.165) is 18.7 Å². The van der Waals surface area contributed by atoms with E-state index in [1.54, 1.807) is 10.9 Å². The molecule has 26 heavy (non-hydrogen) atoms. The maximum atomic E-state index is 12.6. The zero-order valence-electron chi connectivity index (χ0n) is 15.2. The minimum Gasteiger partial charge on any atom is -0.308 e. The van der Waals surface area contributed by atoms with Gasteiger partial charge in [0.2, 0.25) is 5.91 Å². The van der Waals surface area contributed by atoms with Crippen LogP contribution in [0, 0.1) is 5.92 Å². The van der Waals surface area contributed by atoms with Gasteiger partial charge in [-0.05, 0) is 43.5 Å². The zero-order chi connectivity index (χ0) is 17.9. The van der Waals surface area contributed by atoms with Gasteiger partial charge in [-0.2, -0.15) is 5.10 Å². The standard InChI is InChI=1S/C19H26N6O/c1-23-8-6-18(22-23)21-19(26)14-25(12-15-3-2-7-20-11-15)17-13-24-9-4-16(17)5-10-24/h2-3,6-8,11,16-17H,4-5,9-10,12-14H2,1H3,(H,21,22,26). The second-order valence-corrected chi connectivity index (χ2v) is 7.39. The van der Waals surface area contributed by atoms with Gasteiger partial charge in [-0.15, -0.1) is 0 Å². The van der Waals surface area contributed by atoms with Crippen LogP contribution in [0.2, 0.25) is 0 Å². The summed E-state index contributed by atoms with van der Waals surface area (Å²) in [6.45, 7) is 4.57. The van der Waals surface area contributed by atoms with Gasteiger partial charge in [-0.1, -0.05) is 6.07 Å². The van der Waals surface area contributed by atoms with Gasteiger partial charge in [0.25, 0.3) is 0 Å². The van der Waals surface area contributed by atoms with Gasteiger partial charge in [-0.3, -0.25) is 19.4 Å². The number of piperidine rings is 3. The molecule has 0 aromatic carbocycles. The van der Waals surface area contributed by atoms with Crippen molar-refractivity contribution in [3.63, 3.8) is 0 Å². The Morgan fingerprint density at radius 2 is 2.19 bits per heavy atom. The summed E-state index contributed by atoms with van der Waals surface area (Å²) in [4.78, 5) is 21.7. The molecule has 7 heteroatoms. The van der Waals surface area contributed by atoms with E-state index in [1.807, 2.05) is 31.6 Å². The lowest BCUT2D eigenvalue weighted by Crippen LogP contribution is -2.58. The number of carbonyl (C=O) groups excluding carboxylic acids is 1. The highest BCUT2D eigenvalue weighted by molar-refractivity contribution is 5.91. The van der Waals surface area contributed by atoms with E-state index < -0.39 is 0 Å². The Bertz CT molecular complexity index is 737. The second-order valence-electron chi connectivity index (χ2n) is 7.39. The van der Waals surface area contributed by atoms with Gasteiger partial charge >= 0.3 is 0 Å². The number of fused-ring (bicyclic) bond motifs is 3. The van der Waals surface area contributed by atoms with E-state index in [-0.39, 0.29) is 5.91 Å². The molecule has 3 aliphatic heterocycles. The molecule has 0 saturated carbocycles. The van der Waals surface area contributed by atoms with E-state index in [2.05, 4.69) is 31.3 Å². The quantitative estimate of drug-likeness (QED) is 0.848. The largest absolute Gasteiger partial charge is 0.308 e. The number of rotatable bonds is 6. The lowest BCUT2D eigenvalue weighted by atomic mass is 9.83. The molecule has 7 nitrogen and oxygen atoms in total. The predicted octanol–water partition coefficient (Wildman–Crippen LogP) is 1.35. The molecule has 2 bridgehead atoms. The van der Waals surface area contributed by atoms with Gasteiger partial charge in [0.05, 0.1) is 6.54 Å². The van der Waals surface area contributed by atoms with Gasteiger partial charge in [-0.25, -0.2) is 0 Å². The lowest BCUT2D eigenvalue weighted by molar-refractivity contribution is -0.119. The van der Waals surface area contributed by atoms with Crippen LogP contribution >= 0.6 is 0 Å². The van der Waals surface area contributed by atoms with Crippen molar-refractivity contribution in [2.75, 3.05) is 31.5 Å². The molecule has 1 unspecified atom stereocenters. The van der Waals surface area contributed by atoms with Crippen LogP contribution in [0.15, 0.2) is 36.8 Å². The Morgan fingerprint density at radius 1 is 1.35 bits per heavy atom. The Hall–Kier alpha value is -2.25. The third-order valence-electron chi connectivity index (χ3n) is 5.53. The summed E-state index contributed by atoms with van der Waals surface area (Å²) in [5, 5.41) is 7.16. The number of aryl methyl sites for hydroxylation is 1. The number of amides is 1. The number of nitrogens with one attached hydrogen (secondary N) is 1. The summed E-state index contributed by atoms with van der Waals surface area (Å²) in [5.74, 6) is 1.27. The molecule has 1 amide bonds. The highest BCUT2D eigenvalue weighted by Crippen LogP contribution is 2.31. The van der Waals surface area contributed by atoms with Gasteiger partial charge in [0.15, 0.2) is 5.82 Å². The first-order valence-corrected chi connectivity index (χ1v) is 9.32. The SMILES string of the molecule is Cn1ccc(NC(=O)CN(Cc2cccnc2)C2CN3CCC2CC3)n1. The van der Waals surface area contributed by atoms with Crippen molar-refractivity contribution < 1.29 is 4.79 Å². The van der Waals surface area contributed by atoms with Crippen LogP contribution in [0.4, 0.5) is 5.82 Å². The fourth-order valence-electron chi connectivity index (χ4n) is 4.21. The normalized spacial score (nSPS) is 24.8. The molecular formula is C19H26N6O. The number of nitrogens with zero attached hydrogens (tertiary/aromatic N) is 5. The molecule has 1 atom stereocenters. The lowest BCUT2D eigenvalue weighted by Gasteiger charge is -2.49. The Morgan fingerprint density at radius 3 is 2.81 bits per heavy atom. The van der Waals surface area contributed by atoms with Crippen molar-refractivity contribution in [3.8, 4) is 0 Å². The molecule has 138 valence electrons. The summed E-state index contributed by atoms with van der Waals surface area (Å²) >= 11 is 0. The Labute approximate surface area is 154 Å². The molecule has 3 aliphatic rings. The van der Waals surface area contributed by atoms with Crippen molar-refractivity contribution in [2.24, 2.45) is 13.0 Å². The molecule has 2 aromatic rings. The third kappa shape index (κ3) is 3.94. The van der Waals surface area contributed by atoms with E-state index in [4.69, 9.17) is 0 Å². The average Bonchev–Trinajstić information content (AvgIpc) is 3.07. The molecule has 2 aromatic heterocycles. The van der Waals surface area contributed by atoms with E-state index >= 15 is 0 Å². The van der Waals surface area contributed by atoms with Gasteiger partial charge in [0.1, 0.15) is 0 Å².